The van der Waals surface area contributed by atoms with Crippen molar-refractivity contribution in [3.8, 4) is 5.75 Å². The molecule has 3 N–H and O–H groups in total. The molecule has 0 aliphatic rings. The number of methoxy groups -OCH3 is 1. The first kappa shape index (κ1) is 9.60. The molecule has 0 aromatic carbocycles. The van der Waals surface area contributed by atoms with Crippen LogP contribution in [-0.4, -0.2) is 27.5 Å². The van der Waals surface area contributed by atoms with E-state index in [9.17, 15) is 0 Å². The van der Waals surface area contributed by atoms with E-state index in [0.29, 0.717) is 11.4 Å². The monoisotopic (exact) mass is 205 g/mol. The van der Waals surface area contributed by atoms with Crippen LogP contribution in [0.25, 0.3) is 0 Å². The van der Waals surface area contributed by atoms with Crippen molar-refractivity contribution in [2.45, 2.75) is 6.04 Å². The van der Waals surface area contributed by atoms with Crippen molar-refractivity contribution in [3.05, 3.63) is 35.9 Å². The number of hydrogen-bond donors (Lipinski definition) is 2. The number of nitrogens with zero attached hydrogens (tertiary/aromatic N) is 3. The SMILES string of the molecule is COc1cncc(C(N)c2cn[nH]n2)c1. The van der Waals surface area contributed by atoms with Gasteiger partial charge >= 0.3 is 0 Å². The predicted molar refractivity (Wildman–Crippen MR) is 53.2 cm³/mol. The fraction of sp³-hybridized carbons (Fsp3) is 0.222. The molecule has 15 heavy (non-hydrogen) atoms. The Morgan fingerprint density at radius 3 is 2.93 bits per heavy atom. The first-order chi connectivity index (χ1) is 7.31. The number of nitrogens with two attached hydrogens (primary N) is 1. The average molecular weight is 205 g/mol. The van der Waals surface area contributed by atoms with E-state index in [0.717, 1.165) is 5.56 Å². The maximum Gasteiger partial charge on any atom is 0.137 e. The molecule has 6 heteroatoms. The van der Waals surface area contributed by atoms with Gasteiger partial charge in [-0.05, 0) is 11.6 Å². The summed E-state index contributed by atoms with van der Waals surface area (Å²) in [5, 5.41) is 10.1. The highest BCUT2D eigenvalue weighted by molar-refractivity contribution is 5.29. The zero-order valence-electron chi connectivity index (χ0n) is 8.21. The minimum atomic E-state index is -0.341. The van der Waals surface area contributed by atoms with Crippen LogP contribution in [0.4, 0.5) is 0 Å². The fourth-order valence-corrected chi connectivity index (χ4v) is 1.25. The van der Waals surface area contributed by atoms with Crippen LogP contribution in [0.5, 0.6) is 5.75 Å². The molecule has 0 spiro atoms. The minimum absolute atomic E-state index is 0.341. The van der Waals surface area contributed by atoms with Crippen molar-refractivity contribution >= 4 is 0 Å². The van der Waals surface area contributed by atoms with E-state index in [1.807, 2.05) is 6.07 Å². The molecule has 2 rings (SSSR count). The van der Waals surface area contributed by atoms with Gasteiger partial charge in [-0.25, -0.2) is 0 Å². The number of aromatic nitrogens is 4. The smallest absolute Gasteiger partial charge is 0.137 e. The van der Waals surface area contributed by atoms with Crippen LogP contribution in [-0.2, 0) is 0 Å². The van der Waals surface area contributed by atoms with Gasteiger partial charge in [-0.15, -0.1) is 0 Å². The van der Waals surface area contributed by atoms with Gasteiger partial charge in [0.25, 0.3) is 0 Å². The lowest BCUT2D eigenvalue weighted by Gasteiger charge is -2.08. The number of ether oxygens (including phenoxy) is 1. The summed E-state index contributed by atoms with van der Waals surface area (Å²) in [6.45, 7) is 0. The Kier molecular flexibility index (Phi) is 2.59. The number of aromatic amines is 1. The third-order valence-corrected chi connectivity index (χ3v) is 2.08. The van der Waals surface area contributed by atoms with Crippen LogP contribution >= 0.6 is 0 Å². The zero-order chi connectivity index (χ0) is 10.7. The lowest BCUT2D eigenvalue weighted by Crippen LogP contribution is -2.12. The summed E-state index contributed by atoms with van der Waals surface area (Å²) in [6.07, 6.45) is 4.89. The maximum atomic E-state index is 5.97. The number of nitrogens with one attached hydrogen (secondary N) is 1. The number of rotatable bonds is 3. The van der Waals surface area contributed by atoms with Crippen molar-refractivity contribution in [2.75, 3.05) is 7.11 Å². The first-order valence-electron chi connectivity index (χ1n) is 4.41. The van der Waals surface area contributed by atoms with Gasteiger partial charge in [0.2, 0.25) is 0 Å². The van der Waals surface area contributed by atoms with Gasteiger partial charge in [0, 0.05) is 6.20 Å². The van der Waals surface area contributed by atoms with Crippen LogP contribution in [0.3, 0.4) is 0 Å². The molecule has 0 fully saturated rings. The zero-order valence-corrected chi connectivity index (χ0v) is 8.21. The molecule has 0 saturated heterocycles. The molecule has 6 nitrogen and oxygen atoms in total. The molecule has 0 aliphatic heterocycles. The van der Waals surface area contributed by atoms with Crippen LogP contribution in [0.1, 0.15) is 17.3 Å². The second-order valence-corrected chi connectivity index (χ2v) is 3.03. The lowest BCUT2D eigenvalue weighted by atomic mass is 10.1. The molecule has 0 aliphatic carbocycles. The average Bonchev–Trinajstić information content (AvgIpc) is 2.81. The van der Waals surface area contributed by atoms with E-state index < -0.39 is 0 Å². The Labute approximate surface area is 86.5 Å². The maximum absolute atomic E-state index is 5.97. The topological polar surface area (TPSA) is 89.7 Å². The number of H-pyrrole nitrogens is 1. The number of hydrogen-bond acceptors (Lipinski definition) is 5. The predicted octanol–water partition coefficient (Wildman–Crippen LogP) is 0.256. The normalized spacial score (nSPS) is 12.4. The molecule has 0 amide bonds. The molecule has 2 heterocycles. The highest BCUT2D eigenvalue weighted by atomic mass is 16.5. The summed E-state index contributed by atoms with van der Waals surface area (Å²) >= 11 is 0. The van der Waals surface area contributed by atoms with Crippen molar-refractivity contribution < 1.29 is 4.74 Å². The second-order valence-electron chi connectivity index (χ2n) is 3.03. The lowest BCUT2D eigenvalue weighted by molar-refractivity contribution is 0.412. The van der Waals surface area contributed by atoms with Gasteiger partial charge in [-0.3, -0.25) is 4.98 Å². The molecule has 2 aromatic heterocycles. The summed E-state index contributed by atoms with van der Waals surface area (Å²) in [5.41, 5.74) is 7.47. The van der Waals surface area contributed by atoms with E-state index in [1.165, 1.54) is 0 Å². The summed E-state index contributed by atoms with van der Waals surface area (Å²) in [7, 11) is 1.59. The number of pyridine rings is 1. The van der Waals surface area contributed by atoms with E-state index in [-0.39, 0.29) is 6.04 Å². The standard InChI is InChI=1S/C9H11N5O/c1-15-7-2-6(3-11-4-7)9(10)8-5-12-14-13-8/h2-5,9H,10H2,1H3,(H,12,13,14). The van der Waals surface area contributed by atoms with E-state index >= 15 is 0 Å². The van der Waals surface area contributed by atoms with Gasteiger partial charge in [0.05, 0.1) is 25.5 Å². The van der Waals surface area contributed by atoms with Gasteiger partial charge in [0.1, 0.15) is 11.4 Å². The van der Waals surface area contributed by atoms with Crippen LogP contribution in [0, 0.1) is 0 Å². The Bertz CT molecular complexity index is 428. The first-order valence-corrected chi connectivity index (χ1v) is 4.41. The Morgan fingerprint density at radius 1 is 1.40 bits per heavy atom. The summed E-state index contributed by atoms with van der Waals surface area (Å²) < 4.78 is 5.06. The molecule has 1 atom stereocenters. The highest BCUT2D eigenvalue weighted by Gasteiger charge is 2.12. The van der Waals surface area contributed by atoms with Gasteiger partial charge in [0.15, 0.2) is 0 Å². The molecule has 0 bridgehead atoms. The third-order valence-electron chi connectivity index (χ3n) is 2.08. The van der Waals surface area contributed by atoms with Gasteiger partial charge in [-0.1, -0.05) is 0 Å². The summed E-state index contributed by atoms with van der Waals surface area (Å²) in [4.78, 5) is 4.02. The van der Waals surface area contributed by atoms with Crippen molar-refractivity contribution in [2.24, 2.45) is 5.73 Å². The fourth-order valence-electron chi connectivity index (χ4n) is 1.25. The molecule has 0 saturated carbocycles. The van der Waals surface area contributed by atoms with E-state index in [2.05, 4.69) is 20.4 Å². The van der Waals surface area contributed by atoms with Crippen LogP contribution < -0.4 is 10.5 Å². The molecule has 2 aromatic rings. The third kappa shape index (κ3) is 1.94. The van der Waals surface area contributed by atoms with Crippen LogP contribution in [0.2, 0.25) is 0 Å². The van der Waals surface area contributed by atoms with Gasteiger partial charge in [-0.2, -0.15) is 15.4 Å². The molecule has 78 valence electrons. The largest absolute Gasteiger partial charge is 0.495 e. The van der Waals surface area contributed by atoms with Gasteiger partial charge < -0.3 is 10.5 Å². The molecule has 0 radical (unpaired) electrons. The Morgan fingerprint density at radius 2 is 2.27 bits per heavy atom. The highest BCUT2D eigenvalue weighted by Crippen LogP contribution is 2.19. The summed E-state index contributed by atoms with van der Waals surface area (Å²) in [5.74, 6) is 0.673. The molecular weight excluding hydrogens is 194 g/mol. The van der Waals surface area contributed by atoms with Crippen LogP contribution in [0.15, 0.2) is 24.7 Å². The summed E-state index contributed by atoms with van der Waals surface area (Å²) in [6, 6.07) is 1.48. The van der Waals surface area contributed by atoms with Crippen molar-refractivity contribution in [1.29, 1.82) is 0 Å². The Hall–Kier alpha value is -1.95. The van der Waals surface area contributed by atoms with E-state index in [1.54, 1.807) is 25.7 Å². The Balaban J connectivity index is 2.29. The van der Waals surface area contributed by atoms with Crippen molar-refractivity contribution in [3.63, 3.8) is 0 Å². The second kappa shape index (κ2) is 4.05. The molecule has 1 unspecified atom stereocenters. The quantitative estimate of drug-likeness (QED) is 0.750. The molecular formula is C9H11N5O. The minimum Gasteiger partial charge on any atom is -0.495 e. The van der Waals surface area contributed by atoms with E-state index in [4.69, 9.17) is 10.5 Å². The van der Waals surface area contributed by atoms with Crippen molar-refractivity contribution in [1.82, 2.24) is 20.4 Å².